The summed E-state index contributed by atoms with van der Waals surface area (Å²) in [5.74, 6) is 0.519. The summed E-state index contributed by atoms with van der Waals surface area (Å²) in [4.78, 5) is 4.62. The summed E-state index contributed by atoms with van der Waals surface area (Å²) < 4.78 is 15.6. The Morgan fingerprint density at radius 1 is 0.677 bits per heavy atom. The molecule has 0 bridgehead atoms. The lowest BCUT2D eigenvalue weighted by atomic mass is 9.93. The molecule has 31 heavy (non-hydrogen) atoms. The number of aromatic nitrogens is 2. The van der Waals surface area contributed by atoms with E-state index in [1.54, 1.807) is 18.3 Å². The molecule has 1 heterocycles. The van der Waals surface area contributed by atoms with Crippen LogP contribution in [-0.2, 0) is 0 Å². The molecule has 1 aromatic heterocycles. The van der Waals surface area contributed by atoms with Gasteiger partial charge in [-0.25, -0.2) is 9.37 Å². The largest absolute Gasteiger partial charge is 0.299 e. The van der Waals surface area contributed by atoms with Crippen molar-refractivity contribution in [2.45, 2.75) is 6.92 Å². The van der Waals surface area contributed by atoms with E-state index < -0.39 is 0 Å². The third kappa shape index (κ3) is 3.66. The molecule has 4 aromatic carbocycles. The first kappa shape index (κ1) is 19.0. The molecule has 3 heteroatoms. The number of benzene rings is 4. The van der Waals surface area contributed by atoms with Crippen molar-refractivity contribution in [3.63, 3.8) is 0 Å². The monoisotopic (exact) mass is 404 g/mol. The van der Waals surface area contributed by atoms with Gasteiger partial charge in [-0.3, -0.25) is 4.57 Å². The number of imidazole rings is 1. The number of halogens is 1. The number of aryl methyl sites for hydroxylation is 1. The molecule has 0 aliphatic rings. The van der Waals surface area contributed by atoms with Crippen LogP contribution in [0.5, 0.6) is 0 Å². The fourth-order valence-electron chi connectivity index (χ4n) is 4.01. The Morgan fingerprint density at radius 3 is 1.77 bits per heavy atom. The predicted octanol–water partition coefficient (Wildman–Crippen LogP) is 7.32. The topological polar surface area (TPSA) is 17.8 Å². The van der Waals surface area contributed by atoms with E-state index in [-0.39, 0.29) is 5.82 Å². The molecule has 0 unspecified atom stereocenters. The molecule has 5 aromatic rings. The quantitative estimate of drug-likeness (QED) is 0.307. The number of hydrogen-bond acceptors (Lipinski definition) is 1. The molecule has 2 nitrogen and oxygen atoms in total. The van der Waals surface area contributed by atoms with E-state index in [0.717, 1.165) is 39.3 Å². The van der Waals surface area contributed by atoms with Gasteiger partial charge < -0.3 is 0 Å². The summed E-state index contributed by atoms with van der Waals surface area (Å²) in [5, 5.41) is 0. The molecular formula is C28H21FN2. The third-order valence-electron chi connectivity index (χ3n) is 5.41. The van der Waals surface area contributed by atoms with E-state index in [9.17, 15) is 4.39 Å². The lowest BCUT2D eigenvalue weighted by Gasteiger charge is -2.20. The van der Waals surface area contributed by atoms with Gasteiger partial charge in [-0.15, -0.1) is 0 Å². The van der Waals surface area contributed by atoms with Crippen LogP contribution in [-0.4, -0.2) is 9.55 Å². The van der Waals surface area contributed by atoms with Gasteiger partial charge in [0.1, 0.15) is 11.6 Å². The number of hydrogen-bond donors (Lipinski definition) is 0. The third-order valence-corrected chi connectivity index (χ3v) is 5.41. The van der Waals surface area contributed by atoms with Gasteiger partial charge in [-0.1, -0.05) is 60.7 Å². The average molecular weight is 404 g/mol. The lowest BCUT2D eigenvalue weighted by molar-refractivity contribution is 0.628. The minimum atomic E-state index is -0.257. The number of rotatable bonds is 4. The second-order valence-electron chi connectivity index (χ2n) is 7.57. The molecule has 0 saturated heterocycles. The molecule has 5 rings (SSSR count). The molecule has 0 amide bonds. The zero-order valence-corrected chi connectivity index (χ0v) is 17.2. The van der Waals surface area contributed by atoms with Crippen LogP contribution in [0.25, 0.3) is 39.3 Å². The Morgan fingerprint density at radius 2 is 1.23 bits per heavy atom. The molecule has 0 aliphatic carbocycles. The summed E-state index contributed by atoms with van der Waals surface area (Å²) in [6.45, 7) is 2.12. The summed E-state index contributed by atoms with van der Waals surface area (Å²) in [5.41, 5.74) is 7.63. The van der Waals surface area contributed by atoms with Crippen molar-refractivity contribution < 1.29 is 4.39 Å². The summed E-state index contributed by atoms with van der Waals surface area (Å²) >= 11 is 0. The van der Waals surface area contributed by atoms with Gasteiger partial charge in [0.25, 0.3) is 0 Å². The predicted molar refractivity (Wildman–Crippen MR) is 125 cm³/mol. The van der Waals surface area contributed by atoms with Crippen LogP contribution in [0.15, 0.2) is 109 Å². The van der Waals surface area contributed by atoms with E-state index >= 15 is 0 Å². The Labute approximate surface area is 181 Å². The SMILES string of the molecule is Cc1cc(-c2ccccc2)c(-n2ccnc2-c2ccc(F)cc2)c(-c2ccccc2)c1. The van der Waals surface area contributed by atoms with Crippen molar-refractivity contribution in [1.82, 2.24) is 9.55 Å². The molecular weight excluding hydrogens is 383 g/mol. The van der Waals surface area contributed by atoms with Gasteiger partial charge in [0.2, 0.25) is 0 Å². The fourth-order valence-corrected chi connectivity index (χ4v) is 4.01. The second kappa shape index (κ2) is 8.04. The fraction of sp³-hybridized carbons (Fsp3) is 0.0357. The molecule has 150 valence electrons. The van der Waals surface area contributed by atoms with Crippen LogP contribution in [0, 0.1) is 12.7 Å². The van der Waals surface area contributed by atoms with E-state index in [1.165, 1.54) is 17.7 Å². The van der Waals surface area contributed by atoms with E-state index in [2.05, 4.69) is 77.1 Å². The Balaban J connectivity index is 1.83. The average Bonchev–Trinajstić information content (AvgIpc) is 3.29. The van der Waals surface area contributed by atoms with Crippen LogP contribution in [0.1, 0.15) is 5.56 Å². The van der Waals surface area contributed by atoms with Gasteiger partial charge in [0.15, 0.2) is 0 Å². The van der Waals surface area contributed by atoms with Gasteiger partial charge in [-0.2, -0.15) is 0 Å². The first-order valence-corrected chi connectivity index (χ1v) is 10.3. The normalized spacial score (nSPS) is 10.9. The second-order valence-corrected chi connectivity index (χ2v) is 7.57. The summed E-state index contributed by atoms with van der Waals surface area (Å²) in [6.07, 6.45) is 3.77. The smallest absolute Gasteiger partial charge is 0.144 e. The lowest BCUT2D eigenvalue weighted by Crippen LogP contribution is -2.03. The van der Waals surface area contributed by atoms with Crippen molar-refractivity contribution >= 4 is 0 Å². The number of nitrogens with zero attached hydrogens (tertiary/aromatic N) is 2. The van der Waals surface area contributed by atoms with Crippen molar-refractivity contribution in [3.8, 4) is 39.3 Å². The molecule has 0 aliphatic heterocycles. The zero-order valence-electron chi connectivity index (χ0n) is 17.2. The van der Waals surface area contributed by atoms with E-state index in [4.69, 9.17) is 0 Å². The molecule has 0 N–H and O–H groups in total. The summed E-state index contributed by atoms with van der Waals surface area (Å²) in [6, 6.07) is 31.7. The molecule has 0 saturated carbocycles. The highest BCUT2D eigenvalue weighted by atomic mass is 19.1. The molecule has 0 spiro atoms. The van der Waals surface area contributed by atoms with Gasteiger partial charge >= 0.3 is 0 Å². The standard InChI is InChI=1S/C28H21FN2/c1-20-18-25(21-8-4-2-5-9-21)27(26(19-20)22-10-6-3-7-11-22)31-17-16-30-28(31)23-12-14-24(29)15-13-23/h2-19H,1H3. The van der Waals surface area contributed by atoms with E-state index in [0.29, 0.717) is 0 Å². The van der Waals surface area contributed by atoms with Crippen LogP contribution in [0.3, 0.4) is 0 Å². The van der Waals surface area contributed by atoms with Gasteiger partial charge in [0.05, 0.1) is 5.69 Å². The Bertz CT molecular complexity index is 1260. The van der Waals surface area contributed by atoms with Gasteiger partial charge in [-0.05, 0) is 60.0 Å². The highest BCUT2D eigenvalue weighted by Crippen LogP contribution is 2.38. The van der Waals surface area contributed by atoms with Crippen molar-refractivity contribution in [2.75, 3.05) is 0 Å². The summed E-state index contributed by atoms with van der Waals surface area (Å²) in [7, 11) is 0. The Kier molecular flexibility index (Phi) is 4.93. The van der Waals surface area contributed by atoms with Crippen LogP contribution < -0.4 is 0 Å². The van der Waals surface area contributed by atoms with Crippen LogP contribution >= 0.6 is 0 Å². The first-order chi connectivity index (χ1) is 15.2. The van der Waals surface area contributed by atoms with Crippen LogP contribution in [0.2, 0.25) is 0 Å². The Hall–Kier alpha value is -3.98. The highest BCUT2D eigenvalue weighted by Gasteiger charge is 2.18. The molecule has 0 atom stereocenters. The minimum absolute atomic E-state index is 0.257. The maximum absolute atomic E-state index is 13.5. The van der Waals surface area contributed by atoms with Crippen LogP contribution in [0.4, 0.5) is 4.39 Å². The van der Waals surface area contributed by atoms with Crippen molar-refractivity contribution in [2.24, 2.45) is 0 Å². The minimum Gasteiger partial charge on any atom is -0.299 e. The maximum atomic E-state index is 13.5. The van der Waals surface area contributed by atoms with Crippen molar-refractivity contribution in [3.05, 3.63) is 121 Å². The highest BCUT2D eigenvalue weighted by molar-refractivity contribution is 5.87. The van der Waals surface area contributed by atoms with Crippen molar-refractivity contribution in [1.29, 1.82) is 0 Å². The first-order valence-electron chi connectivity index (χ1n) is 10.3. The van der Waals surface area contributed by atoms with Gasteiger partial charge in [0, 0.05) is 29.1 Å². The molecule has 0 radical (unpaired) electrons. The maximum Gasteiger partial charge on any atom is 0.144 e. The zero-order chi connectivity index (χ0) is 21.2. The molecule has 0 fully saturated rings. The van der Waals surface area contributed by atoms with E-state index in [1.807, 2.05) is 18.3 Å².